The van der Waals surface area contributed by atoms with Crippen LogP contribution in [-0.4, -0.2) is 45.6 Å². The van der Waals surface area contributed by atoms with Crippen LogP contribution in [0, 0.1) is 11.3 Å². The first-order valence-electron chi connectivity index (χ1n) is 8.82. The topological polar surface area (TPSA) is 105 Å². The van der Waals surface area contributed by atoms with Crippen molar-refractivity contribution >= 4 is 21.8 Å². The van der Waals surface area contributed by atoms with E-state index in [-0.39, 0.29) is 17.1 Å². The molecule has 7 nitrogen and oxygen atoms in total. The zero-order chi connectivity index (χ0) is 19.9. The molecule has 0 saturated carbocycles. The number of unbranched alkanes of at least 4 members (excludes halogenated alkanes) is 1. The third-order valence-electron chi connectivity index (χ3n) is 4.19. The Balaban J connectivity index is 2.12. The zero-order valence-corrected chi connectivity index (χ0v) is 16.3. The molecule has 1 amide bonds. The Labute approximate surface area is 159 Å². The number of methoxy groups -OCH3 is 1. The minimum atomic E-state index is -3.10. The summed E-state index contributed by atoms with van der Waals surface area (Å²) < 4.78 is 34.0. The lowest BCUT2D eigenvalue weighted by Gasteiger charge is -2.12. The minimum absolute atomic E-state index is 0.0558. The molecular weight excluding hydrogens is 368 g/mol. The fraction of sp³-hybridized carbons (Fsp3) is 0.474. The number of nitriles is 1. The Morgan fingerprint density at radius 2 is 2.19 bits per heavy atom. The minimum Gasteiger partial charge on any atom is -0.493 e. The monoisotopic (exact) mass is 392 g/mol. The summed E-state index contributed by atoms with van der Waals surface area (Å²) >= 11 is 0. The molecule has 1 aliphatic rings. The normalized spacial score (nSPS) is 18.6. The zero-order valence-electron chi connectivity index (χ0n) is 15.5. The number of sulfone groups is 1. The number of nitrogens with one attached hydrogen (secondary N) is 1. The average molecular weight is 392 g/mol. The van der Waals surface area contributed by atoms with E-state index in [4.69, 9.17) is 9.47 Å². The second kappa shape index (κ2) is 9.42. The van der Waals surface area contributed by atoms with E-state index in [0.717, 1.165) is 12.8 Å². The van der Waals surface area contributed by atoms with Crippen molar-refractivity contribution in [1.29, 1.82) is 5.26 Å². The van der Waals surface area contributed by atoms with E-state index in [2.05, 4.69) is 12.2 Å². The Hall–Kier alpha value is -2.53. The summed E-state index contributed by atoms with van der Waals surface area (Å²) in [6.07, 6.45) is 3.76. The van der Waals surface area contributed by atoms with Crippen molar-refractivity contribution in [2.24, 2.45) is 0 Å². The van der Waals surface area contributed by atoms with Crippen LogP contribution in [0.5, 0.6) is 11.5 Å². The molecule has 1 unspecified atom stereocenters. The van der Waals surface area contributed by atoms with Crippen LogP contribution in [0.2, 0.25) is 0 Å². The molecule has 1 N–H and O–H groups in total. The molecule has 1 fully saturated rings. The van der Waals surface area contributed by atoms with E-state index in [9.17, 15) is 18.5 Å². The molecule has 8 heteroatoms. The molecule has 0 aromatic heterocycles. The van der Waals surface area contributed by atoms with Crippen molar-refractivity contribution in [3.63, 3.8) is 0 Å². The highest BCUT2D eigenvalue weighted by atomic mass is 32.2. The van der Waals surface area contributed by atoms with Gasteiger partial charge in [-0.2, -0.15) is 5.26 Å². The van der Waals surface area contributed by atoms with E-state index in [0.29, 0.717) is 30.1 Å². The first-order valence-corrected chi connectivity index (χ1v) is 10.6. The van der Waals surface area contributed by atoms with E-state index in [1.807, 2.05) is 6.07 Å². The number of nitrogens with zero attached hydrogens (tertiary/aromatic N) is 1. The van der Waals surface area contributed by atoms with E-state index >= 15 is 0 Å². The number of hydrogen-bond acceptors (Lipinski definition) is 6. The van der Waals surface area contributed by atoms with Gasteiger partial charge in [0, 0.05) is 6.04 Å². The van der Waals surface area contributed by atoms with E-state index < -0.39 is 21.8 Å². The molecule has 1 atom stereocenters. The second-order valence-corrected chi connectivity index (χ2v) is 8.58. The fourth-order valence-corrected chi connectivity index (χ4v) is 4.38. The van der Waals surface area contributed by atoms with Gasteiger partial charge in [0.05, 0.1) is 25.2 Å². The summed E-state index contributed by atoms with van der Waals surface area (Å²) in [5.74, 6) is 0.499. The number of ether oxygens (including phenoxy) is 2. The molecule has 1 aliphatic heterocycles. The molecule has 0 aliphatic carbocycles. The number of rotatable bonds is 8. The maximum Gasteiger partial charge on any atom is 0.262 e. The van der Waals surface area contributed by atoms with Crippen LogP contribution in [0.1, 0.15) is 31.7 Å². The predicted octanol–water partition coefficient (Wildman–Crippen LogP) is 2.08. The Morgan fingerprint density at radius 3 is 2.78 bits per heavy atom. The summed E-state index contributed by atoms with van der Waals surface area (Å²) in [6, 6.07) is 6.56. The maximum atomic E-state index is 12.3. The third-order valence-corrected chi connectivity index (χ3v) is 5.95. The SMILES string of the molecule is CCCCOc1ccc(/C=C(\C#N)C(=O)NC2CCS(=O)(=O)C2)cc1OC. The standard InChI is InChI=1S/C19H24N2O5S/c1-3-4-8-26-17-6-5-14(11-18(17)25-2)10-15(12-20)19(22)21-16-7-9-27(23,24)13-16/h5-6,10-11,16H,3-4,7-9,13H2,1-2H3,(H,21,22)/b15-10+. The number of amides is 1. The molecule has 0 spiro atoms. The van der Waals surface area contributed by atoms with Gasteiger partial charge in [0.1, 0.15) is 11.6 Å². The number of benzene rings is 1. The second-order valence-electron chi connectivity index (χ2n) is 6.36. The molecule has 27 heavy (non-hydrogen) atoms. The lowest BCUT2D eigenvalue weighted by Crippen LogP contribution is -2.36. The number of carbonyl (C=O) groups excluding carboxylic acids is 1. The highest BCUT2D eigenvalue weighted by molar-refractivity contribution is 7.91. The van der Waals surface area contributed by atoms with Gasteiger partial charge in [0.2, 0.25) is 0 Å². The van der Waals surface area contributed by atoms with Gasteiger partial charge < -0.3 is 14.8 Å². The average Bonchev–Trinajstić information content (AvgIpc) is 2.98. The third kappa shape index (κ3) is 6.00. The van der Waals surface area contributed by atoms with Gasteiger partial charge in [-0.3, -0.25) is 4.79 Å². The number of hydrogen-bond donors (Lipinski definition) is 1. The summed E-state index contributed by atoms with van der Waals surface area (Å²) in [5.41, 5.74) is 0.515. The molecule has 1 heterocycles. The molecule has 1 aromatic rings. The first-order chi connectivity index (χ1) is 12.9. The number of carbonyl (C=O) groups is 1. The fourth-order valence-electron chi connectivity index (χ4n) is 2.71. The molecule has 146 valence electrons. The lowest BCUT2D eigenvalue weighted by molar-refractivity contribution is -0.117. The predicted molar refractivity (Wildman–Crippen MR) is 102 cm³/mol. The smallest absolute Gasteiger partial charge is 0.262 e. The van der Waals surface area contributed by atoms with Gasteiger partial charge in [0.15, 0.2) is 21.3 Å². The summed E-state index contributed by atoms with van der Waals surface area (Å²) in [7, 11) is -1.58. The van der Waals surface area contributed by atoms with Gasteiger partial charge >= 0.3 is 0 Å². The van der Waals surface area contributed by atoms with Crippen LogP contribution in [0.3, 0.4) is 0 Å². The maximum absolute atomic E-state index is 12.3. The van der Waals surface area contributed by atoms with Crippen LogP contribution in [-0.2, 0) is 14.6 Å². The van der Waals surface area contributed by atoms with Crippen molar-refractivity contribution in [2.45, 2.75) is 32.2 Å². The molecule has 0 radical (unpaired) electrons. The highest BCUT2D eigenvalue weighted by Gasteiger charge is 2.29. The van der Waals surface area contributed by atoms with Crippen LogP contribution >= 0.6 is 0 Å². The quantitative estimate of drug-likeness (QED) is 0.412. The molecule has 2 rings (SSSR count). The molecular formula is C19H24N2O5S. The van der Waals surface area contributed by atoms with Crippen molar-refractivity contribution in [2.75, 3.05) is 25.2 Å². The van der Waals surface area contributed by atoms with Gasteiger partial charge in [0.25, 0.3) is 5.91 Å². The Morgan fingerprint density at radius 1 is 1.41 bits per heavy atom. The van der Waals surface area contributed by atoms with Gasteiger partial charge in [-0.25, -0.2) is 8.42 Å². The van der Waals surface area contributed by atoms with Crippen LogP contribution in [0.15, 0.2) is 23.8 Å². The molecule has 1 aromatic carbocycles. The van der Waals surface area contributed by atoms with Crippen molar-refractivity contribution in [1.82, 2.24) is 5.32 Å². The summed E-state index contributed by atoms with van der Waals surface area (Å²) in [4.78, 5) is 12.3. The van der Waals surface area contributed by atoms with E-state index in [1.54, 1.807) is 18.2 Å². The molecule has 1 saturated heterocycles. The summed E-state index contributed by atoms with van der Waals surface area (Å²) in [5, 5.41) is 11.9. The van der Waals surface area contributed by atoms with Crippen molar-refractivity contribution < 1.29 is 22.7 Å². The largest absolute Gasteiger partial charge is 0.493 e. The van der Waals surface area contributed by atoms with Crippen LogP contribution < -0.4 is 14.8 Å². The van der Waals surface area contributed by atoms with Crippen LogP contribution in [0.4, 0.5) is 0 Å². The van der Waals surface area contributed by atoms with Gasteiger partial charge in [-0.15, -0.1) is 0 Å². The Bertz CT molecular complexity index is 855. The van der Waals surface area contributed by atoms with Crippen molar-refractivity contribution in [3.05, 3.63) is 29.3 Å². The van der Waals surface area contributed by atoms with Gasteiger partial charge in [-0.05, 0) is 36.6 Å². The molecule has 0 bridgehead atoms. The van der Waals surface area contributed by atoms with Gasteiger partial charge in [-0.1, -0.05) is 19.4 Å². The highest BCUT2D eigenvalue weighted by Crippen LogP contribution is 2.29. The van der Waals surface area contributed by atoms with Crippen molar-refractivity contribution in [3.8, 4) is 17.6 Å². The van der Waals surface area contributed by atoms with E-state index in [1.165, 1.54) is 13.2 Å². The first kappa shape index (κ1) is 20.8. The lowest BCUT2D eigenvalue weighted by atomic mass is 10.1. The van der Waals surface area contributed by atoms with Crippen LogP contribution in [0.25, 0.3) is 6.08 Å². The summed E-state index contributed by atoms with van der Waals surface area (Å²) in [6.45, 7) is 2.65. The Kier molecular flexibility index (Phi) is 7.25.